The lowest BCUT2D eigenvalue weighted by Crippen LogP contribution is -2.62. The van der Waals surface area contributed by atoms with E-state index in [9.17, 15) is 22.2 Å². The zero-order valence-electron chi connectivity index (χ0n) is 17.0. The van der Waals surface area contributed by atoms with E-state index in [-0.39, 0.29) is 46.4 Å². The molecule has 2 aromatic rings. The van der Waals surface area contributed by atoms with Gasteiger partial charge in [-0.25, -0.2) is 8.42 Å². The molecule has 0 radical (unpaired) electrons. The van der Waals surface area contributed by atoms with Crippen LogP contribution in [0.25, 0.3) is 0 Å². The van der Waals surface area contributed by atoms with Crippen molar-refractivity contribution in [3.63, 3.8) is 0 Å². The Bertz CT molecular complexity index is 1280. The second kappa shape index (κ2) is 7.07. The van der Waals surface area contributed by atoms with E-state index in [1.165, 1.54) is 0 Å². The summed E-state index contributed by atoms with van der Waals surface area (Å²) in [7, 11) is -5.31. The van der Waals surface area contributed by atoms with Crippen LogP contribution in [0, 0.1) is 11.8 Å². The number of carbonyl (C=O) groups is 2. The Balaban J connectivity index is 1.76. The third-order valence-electron chi connectivity index (χ3n) is 6.92. The molecule has 0 bridgehead atoms. The van der Waals surface area contributed by atoms with E-state index in [0.717, 1.165) is 5.56 Å². The maximum absolute atomic E-state index is 14.1. The molecular weight excluding hydrogens is 432 g/mol. The largest absolute Gasteiger partial charge is 0.294 e. The number of Topliss-reactive ketones (excluding diaryl/α,β-unsaturated/α-hetero) is 2. The molecule has 0 amide bonds. The minimum Gasteiger partial charge on any atom is -0.294 e. The highest BCUT2D eigenvalue weighted by Crippen LogP contribution is 2.56. The van der Waals surface area contributed by atoms with Crippen LogP contribution in [0.1, 0.15) is 46.0 Å². The van der Waals surface area contributed by atoms with Crippen molar-refractivity contribution >= 4 is 32.2 Å². The van der Waals surface area contributed by atoms with Gasteiger partial charge in [0.1, 0.15) is 4.75 Å². The van der Waals surface area contributed by atoms with E-state index in [4.69, 9.17) is 0 Å². The molecule has 1 heterocycles. The van der Waals surface area contributed by atoms with E-state index < -0.39 is 37.2 Å². The molecule has 7 heteroatoms. The first kappa shape index (κ1) is 20.5. The van der Waals surface area contributed by atoms with Crippen LogP contribution in [-0.4, -0.2) is 34.7 Å². The van der Waals surface area contributed by atoms with Gasteiger partial charge < -0.3 is 0 Å². The molecule has 1 saturated heterocycles. The summed E-state index contributed by atoms with van der Waals surface area (Å²) < 4.78 is 38.3. The summed E-state index contributed by atoms with van der Waals surface area (Å²) in [5.41, 5.74) is 2.03. The summed E-state index contributed by atoms with van der Waals surface area (Å²) >= 11 is 0. The maximum Gasteiger partial charge on any atom is 0.183 e. The fourth-order valence-corrected chi connectivity index (χ4v) is 9.97. The number of benzene rings is 2. The van der Waals surface area contributed by atoms with Crippen molar-refractivity contribution in [3.05, 3.63) is 81.8 Å². The Morgan fingerprint density at radius 2 is 1.61 bits per heavy atom. The van der Waals surface area contributed by atoms with Crippen LogP contribution < -0.4 is 0 Å². The van der Waals surface area contributed by atoms with Crippen LogP contribution in [0.2, 0.25) is 0 Å². The minimum absolute atomic E-state index is 0.0789. The molecule has 0 spiro atoms. The molecule has 0 unspecified atom stereocenters. The molecule has 5 rings (SSSR count). The third kappa shape index (κ3) is 2.79. The molecule has 31 heavy (non-hydrogen) atoms. The summed E-state index contributed by atoms with van der Waals surface area (Å²) in [6, 6.07) is 15.8. The van der Waals surface area contributed by atoms with Crippen molar-refractivity contribution in [2.75, 3.05) is 5.75 Å². The molecule has 1 aliphatic heterocycles. The van der Waals surface area contributed by atoms with Gasteiger partial charge in [-0.3, -0.25) is 13.8 Å². The second-order valence-electron chi connectivity index (χ2n) is 8.57. The Hall–Kier alpha value is -2.38. The number of sulfone groups is 1. The lowest BCUT2D eigenvalue weighted by molar-refractivity contribution is 0.0713. The molecule has 0 N–H and O–H groups in total. The van der Waals surface area contributed by atoms with Crippen LogP contribution >= 0.6 is 0 Å². The minimum atomic E-state index is -3.53. The summed E-state index contributed by atoms with van der Waals surface area (Å²) in [5.74, 6) is -2.09. The SMILES string of the molecule is CC1=C2[C@H](CCS2(=O)=O)[C@]2([S@@](=O)Cc3ccccc3)C(=O)c3ccccc3C(=O)[C@@H]2C1. The molecule has 160 valence electrons. The zero-order valence-corrected chi connectivity index (χ0v) is 18.7. The first-order valence-corrected chi connectivity index (χ1v) is 13.3. The number of fused-ring (bicyclic) bond motifs is 4. The van der Waals surface area contributed by atoms with Gasteiger partial charge in [-0.1, -0.05) is 60.2 Å². The quantitative estimate of drug-likeness (QED) is 0.709. The predicted octanol–water partition coefficient (Wildman–Crippen LogP) is 3.48. The Morgan fingerprint density at radius 3 is 2.32 bits per heavy atom. The molecule has 0 aromatic heterocycles. The number of ketones is 2. The van der Waals surface area contributed by atoms with E-state index in [2.05, 4.69) is 0 Å². The lowest BCUT2D eigenvalue weighted by Gasteiger charge is -2.48. The topological polar surface area (TPSA) is 85.3 Å². The van der Waals surface area contributed by atoms with Gasteiger partial charge >= 0.3 is 0 Å². The summed E-state index contributed by atoms with van der Waals surface area (Å²) in [6.07, 6.45) is 0.359. The van der Waals surface area contributed by atoms with E-state index in [1.807, 2.05) is 30.3 Å². The fraction of sp³-hybridized carbons (Fsp3) is 0.333. The van der Waals surface area contributed by atoms with Crippen molar-refractivity contribution < 1.29 is 22.2 Å². The van der Waals surface area contributed by atoms with Gasteiger partial charge in [0.2, 0.25) is 0 Å². The van der Waals surface area contributed by atoms with Gasteiger partial charge in [-0.15, -0.1) is 0 Å². The van der Waals surface area contributed by atoms with Gasteiger partial charge in [-0.05, 0) is 25.3 Å². The van der Waals surface area contributed by atoms with Gasteiger partial charge in [0, 0.05) is 38.5 Å². The first-order valence-electron chi connectivity index (χ1n) is 10.3. The van der Waals surface area contributed by atoms with E-state index >= 15 is 0 Å². The molecule has 4 atom stereocenters. The number of allylic oxidation sites excluding steroid dienone is 2. The first-order chi connectivity index (χ1) is 14.8. The van der Waals surface area contributed by atoms with Crippen LogP contribution in [-0.2, 0) is 26.4 Å². The number of rotatable bonds is 3. The number of hydrogen-bond donors (Lipinski definition) is 0. The molecule has 1 fully saturated rings. The monoisotopic (exact) mass is 454 g/mol. The zero-order chi connectivity index (χ0) is 22.0. The fourth-order valence-electron chi connectivity index (χ4n) is 5.67. The average Bonchev–Trinajstić information content (AvgIpc) is 3.09. The van der Waals surface area contributed by atoms with Gasteiger partial charge in [-0.2, -0.15) is 0 Å². The van der Waals surface area contributed by atoms with E-state index in [0.29, 0.717) is 11.1 Å². The van der Waals surface area contributed by atoms with Gasteiger partial charge in [0.05, 0.1) is 11.7 Å². The molecular formula is C24H22O5S2. The molecule has 2 aromatic carbocycles. The molecule has 0 saturated carbocycles. The molecule has 5 nitrogen and oxygen atoms in total. The van der Waals surface area contributed by atoms with Crippen molar-refractivity contribution in [3.8, 4) is 0 Å². The third-order valence-corrected chi connectivity index (χ3v) is 11.1. The standard InChI is InChI=1S/C24H22O5S2/c1-15-13-20-21(25)17-9-5-6-10-18(17)23(26)24(20,19-11-12-31(28,29)22(15)19)30(27)14-16-7-3-2-4-8-16/h2-10,19-20H,11-14H2,1H3/t19-,20-,24+,30-/m0/s1. The highest BCUT2D eigenvalue weighted by molar-refractivity contribution is 7.95. The number of carbonyl (C=O) groups excluding carboxylic acids is 2. The van der Waals surface area contributed by atoms with Crippen LogP contribution in [0.5, 0.6) is 0 Å². The van der Waals surface area contributed by atoms with Gasteiger partial charge in [0.25, 0.3) is 0 Å². The Morgan fingerprint density at radius 1 is 0.968 bits per heavy atom. The molecule has 2 aliphatic carbocycles. The highest BCUT2D eigenvalue weighted by Gasteiger charge is 2.66. The second-order valence-corrected chi connectivity index (χ2v) is 12.3. The van der Waals surface area contributed by atoms with Crippen LogP contribution in [0.15, 0.2) is 65.1 Å². The van der Waals surface area contributed by atoms with Crippen molar-refractivity contribution in [1.29, 1.82) is 0 Å². The van der Waals surface area contributed by atoms with Crippen molar-refractivity contribution in [2.24, 2.45) is 11.8 Å². The maximum atomic E-state index is 14.1. The molecule has 3 aliphatic rings. The highest BCUT2D eigenvalue weighted by atomic mass is 32.2. The van der Waals surface area contributed by atoms with E-state index in [1.54, 1.807) is 31.2 Å². The van der Waals surface area contributed by atoms with Gasteiger partial charge in [0.15, 0.2) is 21.4 Å². The number of hydrogen-bond acceptors (Lipinski definition) is 5. The smallest absolute Gasteiger partial charge is 0.183 e. The average molecular weight is 455 g/mol. The van der Waals surface area contributed by atoms with Crippen LogP contribution in [0.3, 0.4) is 0 Å². The summed E-state index contributed by atoms with van der Waals surface area (Å²) in [6.45, 7) is 1.73. The van der Waals surface area contributed by atoms with Crippen LogP contribution in [0.4, 0.5) is 0 Å². The Labute approximate surface area is 183 Å². The lowest BCUT2D eigenvalue weighted by atomic mass is 9.62. The summed E-state index contributed by atoms with van der Waals surface area (Å²) in [5, 5.41) is 0. The van der Waals surface area contributed by atoms with Crippen molar-refractivity contribution in [1.82, 2.24) is 0 Å². The van der Waals surface area contributed by atoms with Crippen molar-refractivity contribution in [2.45, 2.75) is 30.3 Å². The predicted molar refractivity (Wildman–Crippen MR) is 119 cm³/mol. The Kier molecular flexibility index (Phi) is 4.68. The summed E-state index contributed by atoms with van der Waals surface area (Å²) in [4.78, 5) is 27.9. The normalized spacial score (nSPS) is 29.8.